The molecule has 25 heavy (non-hydrogen) atoms. The second-order valence-corrected chi connectivity index (χ2v) is 4.83. The van der Waals surface area contributed by atoms with E-state index in [9.17, 15) is 18.4 Å². The molecule has 0 unspecified atom stereocenters. The van der Waals surface area contributed by atoms with Crippen LogP contribution in [0.2, 0.25) is 0 Å². The van der Waals surface area contributed by atoms with Crippen LogP contribution in [0.25, 0.3) is 0 Å². The highest BCUT2D eigenvalue weighted by atomic mass is 19.1. The summed E-state index contributed by atoms with van der Waals surface area (Å²) in [6.45, 7) is -1.00. The Kier molecular flexibility index (Phi) is 6.27. The Morgan fingerprint density at radius 3 is 2.16 bits per heavy atom. The predicted octanol–water partition coefficient (Wildman–Crippen LogP) is 2.53. The van der Waals surface area contributed by atoms with Gasteiger partial charge in [0.25, 0.3) is 5.91 Å². The quantitative estimate of drug-likeness (QED) is 0.776. The van der Waals surface area contributed by atoms with E-state index in [2.05, 4.69) is 5.32 Å². The van der Waals surface area contributed by atoms with Crippen LogP contribution in [0, 0.1) is 11.6 Å². The molecule has 0 aliphatic carbocycles. The van der Waals surface area contributed by atoms with E-state index in [0.29, 0.717) is 17.6 Å². The van der Waals surface area contributed by atoms with Crippen LogP contribution in [0.3, 0.4) is 0 Å². The first-order valence-corrected chi connectivity index (χ1v) is 7.14. The van der Waals surface area contributed by atoms with Crippen LogP contribution >= 0.6 is 0 Å². The van der Waals surface area contributed by atoms with Gasteiger partial charge in [-0.15, -0.1) is 0 Å². The number of halogens is 2. The molecule has 0 bridgehead atoms. The third kappa shape index (κ3) is 6.09. The first-order valence-electron chi connectivity index (χ1n) is 7.14. The number of hydrogen-bond acceptors (Lipinski definition) is 5. The average Bonchev–Trinajstić information content (AvgIpc) is 2.57. The maximum atomic E-state index is 13.0. The lowest BCUT2D eigenvalue weighted by molar-refractivity contribution is -0.149. The molecule has 0 aliphatic rings. The number of hydrogen-bond donors (Lipinski definition) is 1. The molecule has 0 fully saturated rings. The Bertz CT molecular complexity index is 729. The molecule has 132 valence electrons. The lowest BCUT2D eigenvalue weighted by Gasteiger charge is -2.08. The highest BCUT2D eigenvalue weighted by Gasteiger charge is 2.10. The topological polar surface area (TPSA) is 73.9 Å². The molecule has 0 radical (unpaired) electrons. The number of anilines is 1. The lowest BCUT2D eigenvalue weighted by atomic mass is 10.3. The number of carbonyl (C=O) groups is 2. The van der Waals surface area contributed by atoms with Gasteiger partial charge in [-0.2, -0.15) is 0 Å². The smallest absolute Gasteiger partial charge is 0.344 e. The molecule has 0 aromatic heterocycles. The Hall–Kier alpha value is -3.16. The third-order valence-electron chi connectivity index (χ3n) is 2.93. The van der Waals surface area contributed by atoms with Crippen LogP contribution in [-0.4, -0.2) is 32.2 Å². The monoisotopic (exact) mass is 351 g/mol. The van der Waals surface area contributed by atoms with E-state index in [0.717, 1.165) is 12.1 Å². The Balaban J connectivity index is 1.74. The van der Waals surface area contributed by atoms with Crippen LogP contribution < -0.4 is 14.8 Å². The molecule has 0 saturated carbocycles. The molecule has 0 aliphatic heterocycles. The van der Waals surface area contributed by atoms with E-state index in [1.807, 2.05) is 0 Å². The number of ether oxygens (including phenoxy) is 3. The fraction of sp³-hybridized carbons (Fsp3) is 0.176. The maximum Gasteiger partial charge on any atom is 0.344 e. The van der Waals surface area contributed by atoms with Crippen LogP contribution in [0.15, 0.2) is 42.5 Å². The second kappa shape index (κ2) is 8.62. The van der Waals surface area contributed by atoms with Gasteiger partial charge in [0, 0.05) is 11.8 Å². The summed E-state index contributed by atoms with van der Waals surface area (Å²) in [5.74, 6) is -2.10. The number of amides is 1. The summed E-state index contributed by atoms with van der Waals surface area (Å²) in [6, 6.07) is 9.09. The second-order valence-electron chi connectivity index (χ2n) is 4.83. The summed E-state index contributed by atoms with van der Waals surface area (Å²) in [7, 11) is 1.52. The zero-order valence-corrected chi connectivity index (χ0v) is 13.3. The molecule has 0 atom stereocenters. The highest BCUT2D eigenvalue weighted by Crippen LogP contribution is 2.17. The largest absolute Gasteiger partial charge is 0.497 e. The number of methoxy groups -OCH3 is 1. The minimum Gasteiger partial charge on any atom is -0.497 e. The van der Waals surface area contributed by atoms with Gasteiger partial charge in [0.2, 0.25) is 0 Å². The molecule has 8 heteroatoms. The van der Waals surface area contributed by atoms with Gasteiger partial charge < -0.3 is 19.5 Å². The first-order chi connectivity index (χ1) is 12.0. The van der Waals surface area contributed by atoms with Gasteiger partial charge in [-0.25, -0.2) is 13.6 Å². The molecule has 0 saturated heterocycles. The van der Waals surface area contributed by atoms with Gasteiger partial charge in [-0.1, -0.05) is 0 Å². The number of benzene rings is 2. The maximum absolute atomic E-state index is 13.0. The first kappa shape index (κ1) is 18.2. The minimum atomic E-state index is -0.833. The van der Waals surface area contributed by atoms with Gasteiger partial charge in [0.15, 0.2) is 13.2 Å². The fourth-order valence-electron chi connectivity index (χ4n) is 1.82. The number of nitrogens with one attached hydrogen (secondary N) is 1. The molecule has 2 aromatic rings. The third-order valence-corrected chi connectivity index (χ3v) is 2.93. The van der Waals surface area contributed by atoms with Crippen LogP contribution in [-0.2, 0) is 14.3 Å². The van der Waals surface area contributed by atoms with Crippen molar-refractivity contribution in [1.82, 2.24) is 0 Å². The SMILES string of the molecule is COc1ccc(OCC(=O)OCC(=O)Nc2cc(F)cc(F)c2)cc1. The van der Waals surface area contributed by atoms with Gasteiger partial charge in [-0.3, -0.25) is 4.79 Å². The molecule has 2 rings (SSSR count). The van der Waals surface area contributed by atoms with Crippen molar-refractivity contribution in [3.8, 4) is 11.5 Å². The van der Waals surface area contributed by atoms with Crippen LogP contribution in [0.5, 0.6) is 11.5 Å². The number of carbonyl (C=O) groups excluding carboxylic acids is 2. The molecule has 2 aromatic carbocycles. The van der Waals surface area contributed by atoms with Gasteiger partial charge in [-0.05, 0) is 36.4 Å². The summed E-state index contributed by atoms with van der Waals surface area (Å²) in [4.78, 5) is 23.1. The Morgan fingerprint density at radius 1 is 0.960 bits per heavy atom. The molecule has 0 heterocycles. The van der Waals surface area contributed by atoms with E-state index in [4.69, 9.17) is 14.2 Å². The van der Waals surface area contributed by atoms with Gasteiger partial charge >= 0.3 is 5.97 Å². The summed E-state index contributed by atoms with van der Waals surface area (Å²) in [5.41, 5.74) is -0.0759. The van der Waals surface area contributed by atoms with Crippen molar-refractivity contribution in [3.63, 3.8) is 0 Å². The Labute approximate surface area is 142 Å². The van der Waals surface area contributed by atoms with Crippen molar-refractivity contribution in [2.75, 3.05) is 25.6 Å². The van der Waals surface area contributed by atoms with E-state index >= 15 is 0 Å². The lowest BCUT2D eigenvalue weighted by Crippen LogP contribution is -2.23. The van der Waals surface area contributed by atoms with Crippen molar-refractivity contribution >= 4 is 17.6 Å². The van der Waals surface area contributed by atoms with Crippen LogP contribution in [0.1, 0.15) is 0 Å². The summed E-state index contributed by atoms with van der Waals surface area (Å²) >= 11 is 0. The summed E-state index contributed by atoms with van der Waals surface area (Å²) < 4.78 is 40.9. The van der Waals surface area contributed by atoms with E-state index in [1.54, 1.807) is 24.3 Å². The Morgan fingerprint density at radius 2 is 1.56 bits per heavy atom. The van der Waals surface area contributed by atoms with E-state index in [1.165, 1.54) is 7.11 Å². The fourth-order valence-corrected chi connectivity index (χ4v) is 1.82. The van der Waals surface area contributed by atoms with E-state index in [-0.39, 0.29) is 5.69 Å². The molecular formula is C17H15F2NO5. The van der Waals surface area contributed by atoms with Crippen molar-refractivity contribution < 1.29 is 32.6 Å². The van der Waals surface area contributed by atoms with E-state index < -0.39 is 36.7 Å². The van der Waals surface area contributed by atoms with Crippen molar-refractivity contribution in [3.05, 3.63) is 54.1 Å². The average molecular weight is 351 g/mol. The summed E-state index contributed by atoms with van der Waals surface area (Å²) in [6.07, 6.45) is 0. The van der Waals surface area contributed by atoms with Crippen molar-refractivity contribution in [2.24, 2.45) is 0 Å². The van der Waals surface area contributed by atoms with Gasteiger partial charge in [0.1, 0.15) is 23.1 Å². The number of rotatable bonds is 7. The molecule has 6 nitrogen and oxygen atoms in total. The number of esters is 1. The van der Waals surface area contributed by atoms with Crippen molar-refractivity contribution in [1.29, 1.82) is 0 Å². The zero-order valence-electron chi connectivity index (χ0n) is 13.3. The summed E-state index contributed by atoms with van der Waals surface area (Å²) in [5, 5.41) is 2.21. The zero-order chi connectivity index (χ0) is 18.2. The normalized spacial score (nSPS) is 10.0. The van der Waals surface area contributed by atoms with Crippen molar-refractivity contribution in [2.45, 2.75) is 0 Å². The molecule has 1 N–H and O–H groups in total. The van der Waals surface area contributed by atoms with Crippen LogP contribution in [0.4, 0.5) is 14.5 Å². The predicted molar refractivity (Wildman–Crippen MR) is 84.4 cm³/mol. The molecular weight excluding hydrogens is 336 g/mol. The molecule has 0 spiro atoms. The highest BCUT2D eigenvalue weighted by molar-refractivity contribution is 5.92. The molecule has 1 amide bonds. The van der Waals surface area contributed by atoms with Gasteiger partial charge in [0.05, 0.1) is 7.11 Å². The minimum absolute atomic E-state index is 0.0759. The standard InChI is InChI=1S/C17H15F2NO5/c1-23-14-2-4-15(5-3-14)24-10-17(22)25-9-16(21)20-13-7-11(18)6-12(19)8-13/h2-8H,9-10H2,1H3,(H,20,21).